The summed E-state index contributed by atoms with van der Waals surface area (Å²) in [6.45, 7) is 3.52. The summed E-state index contributed by atoms with van der Waals surface area (Å²) in [6, 6.07) is 7.29. The van der Waals surface area contributed by atoms with E-state index in [0.717, 1.165) is 48.4 Å². The second kappa shape index (κ2) is 12.7. The lowest BCUT2D eigenvalue weighted by Crippen LogP contribution is -2.76. The minimum Gasteiger partial charge on any atom is -0.477 e. The van der Waals surface area contributed by atoms with Crippen LogP contribution in [0.1, 0.15) is 97.6 Å². The van der Waals surface area contributed by atoms with Crippen LogP contribution < -0.4 is 18.9 Å². The van der Waals surface area contributed by atoms with Crippen LogP contribution in [-0.4, -0.2) is 105 Å². The number of carbonyl (C=O) groups is 4. The minimum atomic E-state index is -1.11. The number of nitrogens with zero attached hydrogens (tertiary/aromatic N) is 2. The highest BCUT2D eigenvalue weighted by molar-refractivity contribution is 7.08. The Balaban J connectivity index is 0.736. The van der Waals surface area contributed by atoms with Crippen LogP contribution in [0.15, 0.2) is 35.0 Å². The second-order valence-electron chi connectivity index (χ2n) is 20.1. The number of likely N-dealkylation sites (tertiary alicyclic amines) is 2. The molecule has 318 valence electrons. The average molecular weight is 847 g/mol. The molecule has 61 heavy (non-hydrogen) atoms. The second-order valence-corrected chi connectivity index (χ2v) is 20.9. The first-order valence-corrected chi connectivity index (χ1v) is 23.5. The summed E-state index contributed by atoms with van der Waals surface area (Å²) < 4.78 is 25.1. The van der Waals surface area contributed by atoms with E-state index in [1.165, 1.54) is 37.0 Å². The Bertz CT molecular complexity index is 2310. The Labute approximate surface area is 357 Å². The van der Waals surface area contributed by atoms with Crippen molar-refractivity contribution in [2.45, 2.75) is 136 Å². The number of Topliss-reactive ketones (excluding diaryl/α,β-unsaturated/α-hetero) is 2. The average Bonchev–Trinajstić information content (AvgIpc) is 4.12. The van der Waals surface area contributed by atoms with Crippen molar-refractivity contribution in [2.24, 2.45) is 11.8 Å². The molecule has 0 radical (unpaired) electrons. The maximum Gasteiger partial charge on any atom is 0.315 e. The van der Waals surface area contributed by atoms with Gasteiger partial charge in [-0.05, 0) is 134 Å². The van der Waals surface area contributed by atoms with Gasteiger partial charge in [0.05, 0.1) is 34.9 Å². The zero-order valence-corrected chi connectivity index (χ0v) is 34.9. The molecule has 0 amide bonds. The monoisotopic (exact) mass is 846 g/mol. The van der Waals surface area contributed by atoms with Crippen molar-refractivity contribution in [1.29, 1.82) is 0 Å². The normalized spacial score (nSPS) is 36.2. The van der Waals surface area contributed by atoms with E-state index in [0.29, 0.717) is 73.0 Å². The largest absolute Gasteiger partial charge is 0.477 e. The number of rotatable bonds is 10. The fourth-order valence-electron chi connectivity index (χ4n) is 14.0. The first-order chi connectivity index (χ1) is 29.5. The Morgan fingerprint density at radius 3 is 1.54 bits per heavy atom. The summed E-state index contributed by atoms with van der Waals surface area (Å²) in [5, 5.41) is 28.9. The van der Waals surface area contributed by atoms with E-state index in [1.807, 2.05) is 22.9 Å². The molecule has 6 fully saturated rings. The molecule has 4 aliphatic heterocycles. The Morgan fingerprint density at radius 2 is 1.11 bits per heavy atom. The third-order valence-electron chi connectivity index (χ3n) is 17.0. The van der Waals surface area contributed by atoms with Crippen molar-refractivity contribution in [3.8, 4) is 23.0 Å². The van der Waals surface area contributed by atoms with E-state index in [4.69, 9.17) is 18.9 Å². The van der Waals surface area contributed by atoms with Gasteiger partial charge < -0.3 is 29.2 Å². The lowest BCUT2D eigenvalue weighted by atomic mass is 9.49. The third-order valence-corrected chi connectivity index (χ3v) is 17.9. The lowest BCUT2D eigenvalue weighted by Gasteiger charge is -2.62. The molecule has 6 aliphatic carbocycles. The van der Waals surface area contributed by atoms with Gasteiger partial charge in [0.1, 0.15) is 0 Å². The van der Waals surface area contributed by atoms with Crippen LogP contribution in [-0.2, 0) is 55.7 Å². The van der Waals surface area contributed by atoms with Crippen LogP contribution in [0.3, 0.4) is 0 Å². The van der Waals surface area contributed by atoms with Crippen LogP contribution >= 0.6 is 11.3 Å². The molecular formula is C48H50N2O10S. The SMILES string of the molecule is O=C(Cc1cscc1CC(=O)Oc1ccc2c3c1O[C@H]1C(=O)CC[C@@]4(O)[C@@H](C2)N(CC2CC2)CC[C@]314)Oc1ccc2c3c1O[C@H]1C(=O)CC[C@@]4(O)[C@@H](C2)N(CC2CC2)CC[C@]314. The molecule has 13 heteroatoms. The summed E-state index contributed by atoms with van der Waals surface area (Å²) in [5.41, 5.74) is 1.07. The molecule has 3 aromatic rings. The van der Waals surface area contributed by atoms with E-state index in [9.17, 15) is 29.4 Å². The predicted molar refractivity (Wildman–Crippen MR) is 219 cm³/mol. The highest BCUT2D eigenvalue weighted by Gasteiger charge is 2.75. The van der Waals surface area contributed by atoms with Gasteiger partial charge in [-0.15, -0.1) is 0 Å². The van der Waals surface area contributed by atoms with E-state index in [1.54, 1.807) is 12.1 Å². The first-order valence-electron chi connectivity index (χ1n) is 22.6. The van der Waals surface area contributed by atoms with Crippen molar-refractivity contribution < 1.29 is 48.3 Å². The molecule has 2 saturated heterocycles. The highest BCUT2D eigenvalue weighted by atomic mass is 32.1. The highest BCUT2D eigenvalue weighted by Crippen LogP contribution is 2.67. The smallest absolute Gasteiger partial charge is 0.315 e. The lowest BCUT2D eigenvalue weighted by molar-refractivity contribution is -0.188. The van der Waals surface area contributed by atoms with Crippen molar-refractivity contribution in [1.82, 2.24) is 9.80 Å². The van der Waals surface area contributed by atoms with E-state index in [2.05, 4.69) is 9.80 Å². The maximum absolute atomic E-state index is 13.7. The molecule has 10 aliphatic rings. The molecular weight excluding hydrogens is 797 g/mol. The van der Waals surface area contributed by atoms with E-state index >= 15 is 0 Å². The maximum atomic E-state index is 13.7. The molecule has 2 N–H and O–H groups in total. The number of hydrogen-bond donors (Lipinski definition) is 2. The van der Waals surface area contributed by atoms with Crippen LogP contribution in [0.5, 0.6) is 23.0 Å². The zero-order valence-electron chi connectivity index (χ0n) is 34.1. The zero-order chi connectivity index (χ0) is 41.2. The minimum absolute atomic E-state index is 0.0166. The van der Waals surface area contributed by atoms with Crippen molar-refractivity contribution in [3.63, 3.8) is 0 Å². The molecule has 12 nitrogen and oxygen atoms in total. The van der Waals surface area contributed by atoms with Crippen LogP contribution in [0, 0.1) is 11.8 Å². The van der Waals surface area contributed by atoms with Gasteiger partial charge in [-0.1, -0.05) is 12.1 Å². The number of hydrogen-bond acceptors (Lipinski definition) is 13. The van der Waals surface area contributed by atoms with Crippen molar-refractivity contribution >= 4 is 34.8 Å². The van der Waals surface area contributed by atoms with Crippen molar-refractivity contribution in [3.05, 3.63) is 68.4 Å². The molecule has 5 heterocycles. The van der Waals surface area contributed by atoms with Gasteiger partial charge >= 0.3 is 11.9 Å². The Kier molecular flexibility index (Phi) is 7.82. The summed E-state index contributed by atoms with van der Waals surface area (Å²) in [5.74, 6) is 1.53. The Hall–Kier alpha value is -4.14. The van der Waals surface area contributed by atoms with E-state index < -0.39 is 46.2 Å². The number of carbonyl (C=O) groups excluding carboxylic acids is 4. The molecule has 4 bridgehead atoms. The summed E-state index contributed by atoms with van der Waals surface area (Å²) >= 11 is 1.38. The third kappa shape index (κ3) is 5.01. The summed E-state index contributed by atoms with van der Waals surface area (Å²) in [7, 11) is 0. The standard InChI is InChI=1S/C48H50N2O10S/c51-31-9-11-47(55)35-17-27-5-7-33(41-39(27)45(47,43(31)59-41)13-15-49(35)21-25-1-2-25)57-37(53)19-29-23-61-24-30(29)20-38(54)58-34-8-6-28-18-36-48(56)12-10-32(52)44-46(48,40(28)42(34)60-44)14-16-50(36)22-26-3-4-26/h5-8,23-26,35-36,43-44,55-56H,1-4,9-22H2/t35-,36-,43+,44+,45+,46+,47-,48-/m1/s1. The molecule has 4 saturated carbocycles. The summed E-state index contributed by atoms with van der Waals surface area (Å²) in [4.78, 5) is 59.5. The number of benzene rings is 2. The van der Waals surface area contributed by atoms with Gasteiger partial charge in [-0.2, -0.15) is 11.3 Å². The first kappa shape index (κ1) is 37.4. The van der Waals surface area contributed by atoms with Crippen LogP contribution in [0.4, 0.5) is 0 Å². The molecule has 2 aromatic carbocycles. The van der Waals surface area contributed by atoms with Gasteiger partial charge in [0.15, 0.2) is 46.8 Å². The summed E-state index contributed by atoms with van der Waals surface area (Å²) in [6.07, 6.45) is 6.90. The van der Waals surface area contributed by atoms with Crippen LogP contribution in [0.2, 0.25) is 0 Å². The van der Waals surface area contributed by atoms with Gasteiger partial charge in [-0.3, -0.25) is 29.0 Å². The number of ether oxygens (including phenoxy) is 4. The number of aliphatic hydroxyl groups is 2. The quantitative estimate of drug-likeness (QED) is 0.221. The van der Waals surface area contributed by atoms with Gasteiger partial charge in [0, 0.05) is 49.1 Å². The van der Waals surface area contributed by atoms with E-state index in [-0.39, 0.29) is 60.8 Å². The molecule has 8 atom stereocenters. The van der Waals surface area contributed by atoms with Crippen LogP contribution in [0.25, 0.3) is 0 Å². The Morgan fingerprint density at radius 1 is 0.672 bits per heavy atom. The number of thiophene rings is 1. The number of ketones is 2. The molecule has 0 unspecified atom stereocenters. The number of piperidine rings is 2. The fourth-order valence-corrected chi connectivity index (χ4v) is 14.8. The van der Waals surface area contributed by atoms with Gasteiger partial charge in [0.25, 0.3) is 0 Å². The predicted octanol–water partition coefficient (Wildman–Crippen LogP) is 4.31. The number of esters is 2. The topological polar surface area (TPSA) is 152 Å². The van der Waals surface area contributed by atoms with Crippen molar-refractivity contribution in [2.75, 3.05) is 26.2 Å². The molecule has 1 aromatic heterocycles. The van der Waals surface area contributed by atoms with Gasteiger partial charge in [0.2, 0.25) is 0 Å². The fraction of sp³-hybridized carbons (Fsp3) is 0.583. The van der Waals surface area contributed by atoms with Gasteiger partial charge in [-0.25, -0.2) is 0 Å². The molecule has 13 rings (SSSR count). The molecule has 2 spiro atoms.